The van der Waals surface area contributed by atoms with Crippen LogP contribution in [0.15, 0.2) is 66.7 Å². The molecule has 0 aliphatic carbocycles. The number of amides is 1. The lowest BCUT2D eigenvalue weighted by Crippen LogP contribution is -2.27. The molecule has 0 fully saturated rings. The Morgan fingerprint density at radius 2 is 1.79 bits per heavy atom. The minimum atomic E-state index is -0.219. The summed E-state index contributed by atoms with van der Waals surface area (Å²) in [5, 5.41) is 11.8. The van der Waals surface area contributed by atoms with E-state index in [2.05, 4.69) is 15.5 Å². The number of hydrogen-bond donors (Lipinski definition) is 1. The molecule has 1 heterocycles. The smallest absolute Gasteiger partial charge is 0.278 e. The number of aromatic nitrogens is 2. The Balaban J connectivity index is 1.73. The molecule has 5 nitrogen and oxygen atoms in total. The Bertz CT molecular complexity index is 837. The fourth-order valence-corrected chi connectivity index (χ4v) is 2.36. The fraction of sp³-hybridized carbons (Fsp3) is 0.0556. The van der Waals surface area contributed by atoms with Crippen molar-refractivity contribution in [2.45, 2.75) is 0 Å². The van der Waals surface area contributed by atoms with Gasteiger partial charge in [0.2, 0.25) is 0 Å². The van der Waals surface area contributed by atoms with Crippen LogP contribution in [-0.4, -0.2) is 23.2 Å². The number of anilines is 3. The van der Waals surface area contributed by atoms with E-state index in [1.165, 1.54) is 4.90 Å². The Kier molecular flexibility index (Phi) is 4.72. The highest BCUT2D eigenvalue weighted by Gasteiger charge is 2.15. The van der Waals surface area contributed by atoms with Crippen molar-refractivity contribution in [3.05, 3.63) is 77.4 Å². The molecule has 1 aromatic heterocycles. The number of nitrogens with zero attached hydrogens (tertiary/aromatic N) is 3. The zero-order valence-electron chi connectivity index (χ0n) is 13.0. The van der Waals surface area contributed by atoms with Crippen LogP contribution in [0.1, 0.15) is 10.5 Å². The van der Waals surface area contributed by atoms with Gasteiger partial charge in [0.25, 0.3) is 5.91 Å². The van der Waals surface area contributed by atoms with E-state index in [-0.39, 0.29) is 11.6 Å². The van der Waals surface area contributed by atoms with E-state index in [1.54, 1.807) is 31.3 Å². The van der Waals surface area contributed by atoms with Crippen LogP contribution in [-0.2, 0) is 0 Å². The lowest BCUT2D eigenvalue weighted by atomic mass is 10.2. The molecular formula is C18H15ClN4O. The summed E-state index contributed by atoms with van der Waals surface area (Å²) in [6, 6.07) is 20.0. The summed E-state index contributed by atoms with van der Waals surface area (Å²) in [4.78, 5) is 14.0. The van der Waals surface area contributed by atoms with Gasteiger partial charge < -0.3 is 10.2 Å². The van der Waals surface area contributed by atoms with Crippen molar-refractivity contribution in [2.24, 2.45) is 0 Å². The van der Waals surface area contributed by atoms with Gasteiger partial charge in [0.05, 0.1) is 0 Å². The molecule has 1 N–H and O–H groups in total. The van der Waals surface area contributed by atoms with Crippen molar-refractivity contribution in [3.8, 4) is 0 Å². The van der Waals surface area contributed by atoms with Gasteiger partial charge in [0.1, 0.15) is 0 Å². The highest BCUT2D eigenvalue weighted by Crippen LogP contribution is 2.19. The largest absolute Gasteiger partial charge is 0.339 e. The minimum absolute atomic E-state index is 0.219. The molecule has 3 aromatic rings. The summed E-state index contributed by atoms with van der Waals surface area (Å²) in [7, 11) is 1.71. The molecule has 1 amide bonds. The molecule has 2 aromatic carbocycles. The quantitative estimate of drug-likeness (QED) is 0.776. The van der Waals surface area contributed by atoms with E-state index < -0.39 is 0 Å². The SMILES string of the molecule is CN(C(=O)c1ccc(Nc2cccc(Cl)c2)nn1)c1ccccc1. The van der Waals surface area contributed by atoms with E-state index in [0.29, 0.717) is 10.8 Å². The third-order valence-electron chi connectivity index (χ3n) is 3.43. The molecular weight excluding hydrogens is 324 g/mol. The maximum atomic E-state index is 12.4. The third-order valence-corrected chi connectivity index (χ3v) is 3.66. The van der Waals surface area contributed by atoms with Crippen molar-refractivity contribution in [1.29, 1.82) is 0 Å². The molecule has 0 spiro atoms. The molecule has 6 heteroatoms. The number of carbonyl (C=O) groups excluding carboxylic acids is 1. The average molecular weight is 339 g/mol. The molecule has 0 atom stereocenters. The van der Waals surface area contributed by atoms with Gasteiger partial charge in [-0.1, -0.05) is 35.9 Å². The maximum absolute atomic E-state index is 12.4. The van der Waals surface area contributed by atoms with Crippen molar-refractivity contribution >= 4 is 34.7 Å². The molecule has 0 unspecified atom stereocenters. The number of hydrogen-bond acceptors (Lipinski definition) is 4. The van der Waals surface area contributed by atoms with Crippen LogP contribution in [0.4, 0.5) is 17.2 Å². The first-order valence-electron chi connectivity index (χ1n) is 7.33. The molecule has 0 aliphatic rings. The van der Waals surface area contributed by atoms with Gasteiger partial charge >= 0.3 is 0 Å². The monoisotopic (exact) mass is 338 g/mol. The molecule has 0 radical (unpaired) electrons. The highest BCUT2D eigenvalue weighted by molar-refractivity contribution is 6.30. The van der Waals surface area contributed by atoms with Gasteiger partial charge in [-0.15, -0.1) is 10.2 Å². The number of benzene rings is 2. The van der Waals surface area contributed by atoms with Gasteiger partial charge in [-0.25, -0.2) is 0 Å². The summed E-state index contributed by atoms with van der Waals surface area (Å²) in [5.41, 5.74) is 1.88. The Morgan fingerprint density at radius 3 is 2.46 bits per heavy atom. The summed E-state index contributed by atoms with van der Waals surface area (Å²) in [5.74, 6) is 0.319. The molecule has 0 aliphatic heterocycles. The number of rotatable bonds is 4. The van der Waals surface area contributed by atoms with Gasteiger partial charge in [-0.2, -0.15) is 0 Å². The van der Waals surface area contributed by atoms with Gasteiger partial charge in [-0.3, -0.25) is 4.79 Å². The first kappa shape index (κ1) is 16.0. The second kappa shape index (κ2) is 7.10. The topological polar surface area (TPSA) is 58.1 Å². The normalized spacial score (nSPS) is 10.2. The molecule has 120 valence electrons. The van der Waals surface area contributed by atoms with Crippen LogP contribution in [0.3, 0.4) is 0 Å². The minimum Gasteiger partial charge on any atom is -0.339 e. The highest BCUT2D eigenvalue weighted by atomic mass is 35.5. The first-order valence-corrected chi connectivity index (χ1v) is 7.71. The number of para-hydroxylation sites is 1. The standard InChI is InChI=1S/C18H15ClN4O/c1-23(15-8-3-2-4-9-15)18(24)16-10-11-17(22-21-16)20-14-7-5-6-13(19)12-14/h2-12H,1H3,(H,20,22). The molecule has 0 saturated heterocycles. The second-order valence-corrected chi connectivity index (χ2v) is 5.58. The van der Waals surface area contributed by atoms with Crippen molar-refractivity contribution in [2.75, 3.05) is 17.3 Å². The Labute approximate surface area is 144 Å². The molecule has 0 saturated carbocycles. The van der Waals surface area contributed by atoms with Crippen molar-refractivity contribution < 1.29 is 4.79 Å². The summed E-state index contributed by atoms with van der Waals surface area (Å²) < 4.78 is 0. The van der Waals surface area contributed by atoms with E-state index >= 15 is 0 Å². The van der Waals surface area contributed by atoms with Crippen LogP contribution in [0, 0.1) is 0 Å². The van der Waals surface area contributed by atoms with Crippen LogP contribution in [0.5, 0.6) is 0 Å². The van der Waals surface area contributed by atoms with Gasteiger partial charge in [0, 0.05) is 23.4 Å². The van der Waals surface area contributed by atoms with Crippen LogP contribution >= 0.6 is 11.6 Å². The lowest BCUT2D eigenvalue weighted by Gasteiger charge is -2.16. The van der Waals surface area contributed by atoms with Crippen molar-refractivity contribution in [3.63, 3.8) is 0 Å². The number of carbonyl (C=O) groups is 1. The van der Waals surface area contributed by atoms with Crippen LogP contribution < -0.4 is 10.2 Å². The van der Waals surface area contributed by atoms with Gasteiger partial charge in [0.15, 0.2) is 11.5 Å². The molecule has 3 rings (SSSR count). The predicted molar refractivity (Wildman–Crippen MR) is 95.9 cm³/mol. The zero-order valence-corrected chi connectivity index (χ0v) is 13.7. The fourth-order valence-electron chi connectivity index (χ4n) is 2.17. The lowest BCUT2D eigenvalue weighted by molar-refractivity contribution is 0.0987. The van der Waals surface area contributed by atoms with Gasteiger partial charge in [-0.05, 0) is 42.5 Å². The first-order chi connectivity index (χ1) is 11.6. The van der Waals surface area contributed by atoms with E-state index in [0.717, 1.165) is 11.4 Å². The molecule has 24 heavy (non-hydrogen) atoms. The second-order valence-electron chi connectivity index (χ2n) is 5.14. The molecule has 0 bridgehead atoms. The van der Waals surface area contributed by atoms with E-state index in [9.17, 15) is 4.79 Å². The summed E-state index contributed by atoms with van der Waals surface area (Å²) in [6.07, 6.45) is 0. The predicted octanol–water partition coefficient (Wildman–Crippen LogP) is 4.15. The third kappa shape index (κ3) is 3.70. The Hall–Kier alpha value is -2.92. The van der Waals surface area contributed by atoms with Crippen LogP contribution in [0.25, 0.3) is 0 Å². The summed E-state index contributed by atoms with van der Waals surface area (Å²) in [6.45, 7) is 0. The van der Waals surface area contributed by atoms with Crippen LogP contribution in [0.2, 0.25) is 5.02 Å². The Morgan fingerprint density at radius 1 is 1.00 bits per heavy atom. The zero-order chi connectivity index (χ0) is 16.9. The van der Waals surface area contributed by atoms with E-state index in [1.807, 2.05) is 42.5 Å². The number of halogens is 1. The maximum Gasteiger partial charge on any atom is 0.278 e. The summed E-state index contributed by atoms with van der Waals surface area (Å²) >= 11 is 5.94. The van der Waals surface area contributed by atoms with Crippen molar-refractivity contribution in [1.82, 2.24) is 10.2 Å². The van der Waals surface area contributed by atoms with E-state index in [4.69, 9.17) is 11.6 Å². The average Bonchev–Trinajstić information content (AvgIpc) is 2.62. The number of nitrogens with one attached hydrogen (secondary N) is 1.